The summed E-state index contributed by atoms with van der Waals surface area (Å²) in [6, 6.07) is 22.5. The van der Waals surface area contributed by atoms with Gasteiger partial charge in [-0.25, -0.2) is 0 Å². The van der Waals surface area contributed by atoms with E-state index in [0.29, 0.717) is 22.9 Å². The molecule has 2 amide bonds. The molecular formula is C27H27ClN2O5. The molecule has 0 spiro atoms. The van der Waals surface area contributed by atoms with Crippen molar-refractivity contribution in [1.82, 2.24) is 10.2 Å². The molecule has 35 heavy (non-hydrogen) atoms. The Kier molecular flexibility index (Phi) is 9.26. The highest BCUT2D eigenvalue weighted by molar-refractivity contribution is 6.33. The summed E-state index contributed by atoms with van der Waals surface area (Å²) < 4.78 is 10.6. The fraction of sp³-hybridized carbons (Fsp3) is 0.222. The molecule has 0 heterocycles. The number of likely N-dealkylation sites (N-methyl/N-ethyl adjacent to an activating group) is 1. The Morgan fingerprint density at radius 3 is 2.31 bits per heavy atom. The van der Waals surface area contributed by atoms with Crippen molar-refractivity contribution in [3.63, 3.8) is 0 Å². The zero-order valence-electron chi connectivity index (χ0n) is 19.6. The Hall–Kier alpha value is -3.84. The first-order chi connectivity index (χ1) is 16.9. The van der Waals surface area contributed by atoms with E-state index in [2.05, 4.69) is 5.32 Å². The molecular weight excluding hydrogens is 468 g/mol. The van der Waals surface area contributed by atoms with Crippen LogP contribution in [0.3, 0.4) is 0 Å². The molecule has 7 nitrogen and oxygen atoms in total. The lowest BCUT2D eigenvalue weighted by molar-refractivity contribution is -0.152. The summed E-state index contributed by atoms with van der Waals surface area (Å²) in [5, 5.41) is 3.15. The number of ether oxygens (including phenoxy) is 2. The van der Waals surface area contributed by atoms with Gasteiger partial charge in [-0.1, -0.05) is 72.3 Å². The Morgan fingerprint density at radius 2 is 1.60 bits per heavy atom. The molecule has 1 atom stereocenters. The minimum atomic E-state index is -0.658. The predicted octanol–water partition coefficient (Wildman–Crippen LogP) is 4.41. The van der Waals surface area contributed by atoms with Crippen LogP contribution in [0.4, 0.5) is 0 Å². The highest BCUT2D eigenvalue weighted by atomic mass is 35.5. The van der Waals surface area contributed by atoms with Gasteiger partial charge in [0.25, 0.3) is 11.8 Å². The zero-order valence-corrected chi connectivity index (χ0v) is 20.3. The second kappa shape index (κ2) is 12.6. The number of carbonyl (C=O) groups is 3. The van der Waals surface area contributed by atoms with Crippen molar-refractivity contribution in [3.8, 4) is 5.75 Å². The minimum Gasteiger partial charge on any atom is -0.496 e. The summed E-state index contributed by atoms with van der Waals surface area (Å²) in [6.07, 6.45) is -0.149. The van der Waals surface area contributed by atoms with Crippen LogP contribution in [-0.2, 0) is 20.9 Å². The van der Waals surface area contributed by atoms with E-state index in [1.54, 1.807) is 50.6 Å². The van der Waals surface area contributed by atoms with Gasteiger partial charge in [-0.3, -0.25) is 14.4 Å². The molecule has 3 rings (SSSR count). The van der Waals surface area contributed by atoms with E-state index in [9.17, 15) is 14.4 Å². The van der Waals surface area contributed by atoms with Crippen LogP contribution in [0.1, 0.15) is 33.9 Å². The molecule has 8 heteroatoms. The van der Waals surface area contributed by atoms with Crippen molar-refractivity contribution < 1.29 is 23.9 Å². The molecule has 0 aliphatic rings. The molecule has 0 bridgehead atoms. The number of nitrogens with zero attached hydrogens (tertiary/aromatic N) is 1. The number of hydrogen-bond donors (Lipinski definition) is 1. The van der Waals surface area contributed by atoms with E-state index < -0.39 is 24.5 Å². The van der Waals surface area contributed by atoms with Gasteiger partial charge in [0.15, 0.2) is 6.61 Å². The number of para-hydroxylation sites is 1. The first-order valence-corrected chi connectivity index (χ1v) is 11.4. The van der Waals surface area contributed by atoms with Gasteiger partial charge in [-0.05, 0) is 23.8 Å². The second-order valence-corrected chi connectivity index (χ2v) is 8.25. The van der Waals surface area contributed by atoms with E-state index in [1.165, 1.54) is 4.90 Å². The zero-order chi connectivity index (χ0) is 25.2. The monoisotopic (exact) mass is 494 g/mol. The summed E-state index contributed by atoms with van der Waals surface area (Å²) in [4.78, 5) is 39.4. The number of esters is 1. The van der Waals surface area contributed by atoms with Crippen molar-refractivity contribution in [2.24, 2.45) is 0 Å². The smallest absolute Gasteiger partial charge is 0.308 e. The van der Waals surface area contributed by atoms with Gasteiger partial charge < -0.3 is 19.7 Å². The first kappa shape index (κ1) is 25.8. The van der Waals surface area contributed by atoms with Crippen molar-refractivity contribution >= 4 is 29.4 Å². The molecule has 3 aromatic rings. The molecule has 0 saturated heterocycles. The molecule has 0 radical (unpaired) electrons. The molecule has 0 aromatic heterocycles. The molecule has 1 N–H and O–H groups in total. The third kappa shape index (κ3) is 7.32. The SMILES string of the molecule is COc1ccccc1CN(C)C(=O)COC(=O)CC(NC(=O)c1ccccc1Cl)c1ccccc1. The summed E-state index contributed by atoms with van der Waals surface area (Å²) in [5.74, 6) is -0.716. The van der Waals surface area contributed by atoms with Gasteiger partial charge >= 0.3 is 5.97 Å². The molecule has 0 fully saturated rings. The maximum atomic E-state index is 12.8. The average molecular weight is 495 g/mol. The van der Waals surface area contributed by atoms with Crippen LogP contribution >= 0.6 is 11.6 Å². The molecule has 0 saturated carbocycles. The number of rotatable bonds is 10. The third-order valence-electron chi connectivity index (χ3n) is 5.38. The molecule has 0 aliphatic carbocycles. The predicted molar refractivity (Wildman–Crippen MR) is 133 cm³/mol. The van der Waals surface area contributed by atoms with E-state index in [4.69, 9.17) is 21.1 Å². The van der Waals surface area contributed by atoms with Crippen LogP contribution in [-0.4, -0.2) is 43.4 Å². The maximum Gasteiger partial charge on any atom is 0.308 e. The van der Waals surface area contributed by atoms with Gasteiger partial charge in [0.1, 0.15) is 5.75 Å². The minimum absolute atomic E-state index is 0.149. The molecule has 1 unspecified atom stereocenters. The third-order valence-corrected chi connectivity index (χ3v) is 5.71. The number of halogens is 1. The summed E-state index contributed by atoms with van der Waals surface area (Å²) in [7, 11) is 3.19. The van der Waals surface area contributed by atoms with Crippen LogP contribution in [0.2, 0.25) is 5.02 Å². The molecule has 3 aromatic carbocycles. The number of carbonyl (C=O) groups excluding carboxylic acids is 3. The topological polar surface area (TPSA) is 84.9 Å². The van der Waals surface area contributed by atoms with Crippen molar-refractivity contribution in [2.45, 2.75) is 19.0 Å². The quantitative estimate of drug-likeness (QED) is 0.422. The van der Waals surface area contributed by atoms with Crippen molar-refractivity contribution in [1.29, 1.82) is 0 Å². The molecule has 0 aliphatic heterocycles. The van der Waals surface area contributed by atoms with Gasteiger partial charge in [-0.15, -0.1) is 0 Å². The lowest BCUT2D eigenvalue weighted by atomic mass is 10.0. The number of nitrogens with one attached hydrogen (secondary N) is 1. The van der Waals surface area contributed by atoms with Crippen molar-refractivity contribution in [3.05, 3.63) is 101 Å². The molecule has 182 valence electrons. The Bertz CT molecular complexity index is 1170. The van der Waals surface area contributed by atoms with Crippen LogP contribution in [0, 0.1) is 0 Å². The van der Waals surface area contributed by atoms with Crippen LogP contribution in [0.25, 0.3) is 0 Å². The van der Waals surface area contributed by atoms with Gasteiger partial charge in [0.05, 0.1) is 30.2 Å². The average Bonchev–Trinajstić information content (AvgIpc) is 2.87. The number of hydrogen-bond acceptors (Lipinski definition) is 5. The lowest BCUT2D eigenvalue weighted by Gasteiger charge is -2.20. The first-order valence-electron chi connectivity index (χ1n) is 11.0. The number of methoxy groups -OCH3 is 1. The van der Waals surface area contributed by atoms with E-state index in [0.717, 1.165) is 11.1 Å². The normalized spacial score (nSPS) is 11.3. The van der Waals surface area contributed by atoms with Crippen LogP contribution < -0.4 is 10.1 Å². The van der Waals surface area contributed by atoms with Gasteiger partial charge in [0, 0.05) is 19.2 Å². The highest BCUT2D eigenvalue weighted by Crippen LogP contribution is 2.21. The van der Waals surface area contributed by atoms with E-state index in [-0.39, 0.29) is 12.3 Å². The van der Waals surface area contributed by atoms with Gasteiger partial charge in [0.2, 0.25) is 0 Å². The largest absolute Gasteiger partial charge is 0.496 e. The lowest BCUT2D eigenvalue weighted by Crippen LogP contribution is -2.33. The fourth-order valence-electron chi connectivity index (χ4n) is 3.47. The standard InChI is InChI=1S/C27H27ClN2O5/c1-30(17-20-12-6-9-15-24(20)34-2)25(31)18-35-26(32)16-23(19-10-4-3-5-11-19)29-27(33)21-13-7-8-14-22(21)28/h3-15,23H,16-18H2,1-2H3,(H,29,33). The van der Waals surface area contributed by atoms with Crippen LogP contribution in [0.15, 0.2) is 78.9 Å². The fourth-order valence-corrected chi connectivity index (χ4v) is 3.70. The summed E-state index contributed by atoms with van der Waals surface area (Å²) in [6.45, 7) is -0.106. The summed E-state index contributed by atoms with van der Waals surface area (Å²) >= 11 is 6.14. The number of amides is 2. The van der Waals surface area contributed by atoms with E-state index in [1.807, 2.05) is 42.5 Å². The van der Waals surface area contributed by atoms with Gasteiger partial charge in [-0.2, -0.15) is 0 Å². The van der Waals surface area contributed by atoms with E-state index >= 15 is 0 Å². The Balaban J connectivity index is 1.60. The Morgan fingerprint density at radius 1 is 0.943 bits per heavy atom. The van der Waals surface area contributed by atoms with Crippen molar-refractivity contribution in [2.75, 3.05) is 20.8 Å². The summed E-state index contributed by atoms with van der Waals surface area (Å²) in [5.41, 5.74) is 1.87. The number of benzene rings is 3. The Labute approximate surface area is 209 Å². The maximum absolute atomic E-state index is 12.8. The second-order valence-electron chi connectivity index (χ2n) is 7.84. The highest BCUT2D eigenvalue weighted by Gasteiger charge is 2.22. The van der Waals surface area contributed by atoms with Crippen LogP contribution in [0.5, 0.6) is 5.75 Å².